The molecule has 0 saturated carbocycles. The molecule has 0 saturated heterocycles. The van der Waals surface area contributed by atoms with E-state index in [0.29, 0.717) is 11.2 Å². The number of rotatable bonds is 3. The number of hydrogen-bond acceptors (Lipinski definition) is 1. The number of hydrogen-bond donors (Lipinski definition) is 0. The van der Waals surface area contributed by atoms with Crippen LogP contribution in [0.15, 0.2) is 113 Å². The first-order valence-corrected chi connectivity index (χ1v) is 20.9. The topological polar surface area (TPSA) is 0 Å². The fraction of sp³-hybridized carbons (Fsp3) is 0.250. The van der Waals surface area contributed by atoms with Gasteiger partial charge in [0.2, 0.25) is 0 Å². The van der Waals surface area contributed by atoms with Crippen molar-refractivity contribution in [3.05, 3.63) is 156 Å². The molecule has 1 aliphatic heterocycles. The fourth-order valence-corrected chi connectivity index (χ4v) is 7.55. The summed E-state index contributed by atoms with van der Waals surface area (Å²) in [4.78, 5) is 1.34. The third kappa shape index (κ3) is 8.18. The summed E-state index contributed by atoms with van der Waals surface area (Å²) < 4.78 is 0. The average Bonchev–Trinajstić information content (AvgIpc) is 3.70. The zero-order valence-electron chi connectivity index (χ0n) is 29.8. The van der Waals surface area contributed by atoms with Crippen molar-refractivity contribution in [3.63, 3.8) is 0 Å². The monoisotopic (exact) mass is 726 g/mol. The van der Waals surface area contributed by atoms with Crippen LogP contribution in [0, 0.1) is 40.7 Å². The molecule has 0 bridgehead atoms. The minimum absolute atomic E-state index is 0. The average molecular weight is 728 g/mol. The van der Waals surface area contributed by atoms with Crippen LogP contribution in [-0.4, -0.2) is 12.1 Å². The van der Waals surface area contributed by atoms with Crippen molar-refractivity contribution in [2.45, 2.75) is 66.1 Å². The Morgan fingerprint density at radius 3 is 2.13 bits per heavy atom. The van der Waals surface area contributed by atoms with Gasteiger partial charge < -0.3 is 14.9 Å². The molecule has 1 unspecified atom stereocenters. The summed E-state index contributed by atoms with van der Waals surface area (Å²) in [5.41, 5.74) is 12.5. The Hall–Kier alpha value is -2.58. The first kappa shape index (κ1) is 38.9. The third-order valence-electron chi connectivity index (χ3n) is 8.81. The number of allylic oxidation sites excluding steroid dienone is 4. The Balaban J connectivity index is 0.000000233. The van der Waals surface area contributed by atoms with E-state index in [4.69, 9.17) is 0 Å². The van der Waals surface area contributed by atoms with Crippen LogP contribution in [0.3, 0.4) is 0 Å². The zero-order valence-corrected chi connectivity index (χ0v) is 34.1. The summed E-state index contributed by atoms with van der Waals surface area (Å²) >= 11 is 3.30. The van der Waals surface area contributed by atoms with Gasteiger partial charge in [-0.15, -0.1) is 50.7 Å². The molecule has 0 nitrogen and oxygen atoms in total. The van der Waals surface area contributed by atoms with Gasteiger partial charge in [0.1, 0.15) is 0 Å². The second-order valence-electron chi connectivity index (χ2n) is 13.4. The third-order valence-corrected chi connectivity index (χ3v) is 9.95. The van der Waals surface area contributed by atoms with Gasteiger partial charge in [0.25, 0.3) is 0 Å². The molecule has 5 aromatic carbocycles. The van der Waals surface area contributed by atoms with Gasteiger partial charge in [-0.1, -0.05) is 132 Å². The molecule has 0 fully saturated rings. The van der Waals surface area contributed by atoms with Crippen molar-refractivity contribution in [1.82, 2.24) is 0 Å². The second kappa shape index (κ2) is 16.2. The Morgan fingerprint density at radius 1 is 0.830 bits per heavy atom. The van der Waals surface area contributed by atoms with Crippen LogP contribution in [-0.2, 0) is 28.8 Å². The van der Waals surface area contributed by atoms with Crippen LogP contribution in [0.4, 0.5) is 0 Å². The molecule has 5 aromatic rings. The van der Waals surface area contributed by atoms with Crippen molar-refractivity contribution in [3.8, 4) is 11.1 Å². The quantitative estimate of drug-likeness (QED) is 0.132. The molecule has 1 atom stereocenters. The maximum absolute atomic E-state index is 3.60. The molecule has 1 aliphatic carbocycles. The van der Waals surface area contributed by atoms with E-state index < -0.39 is 0 Å². The van der Waals surface area contributed by atoms with Crippen molar-refractivity contribution in [2.24, 2.45) is 5.92 Å². The van der Waals surface area contributed by atoms with Gasteiger partial charge in [-0.05, 0) is 45.7 Å². The fourth-order valence-electron chi connectivity index (χ4n) is 6.34. The summed E-state index contributed by atoms with van der Waals surface area (Å²) in [5.74, 6) is 0.547. The van der Waals surface area contributed by atoms with E-state index >= 15 is 0 Å². The molecule has 2 aliphatic rings. The predicted octanol–water partition coefficient (Wildman–Crippen LogP) is 12.7. The van der Waals surface area contributed by atoms with Gasteiger partial charge in [-0.2, -0.15) is 23.3 Å². The van der Waals surface area contributed by atoms with Gasteiger partial charge in [0, 0.05) is 5.25 Å². The van der Waals surface area contributed by atoms with E-state index in [2.05, 4.69) is 165 Å². The molecule has 47 heavy (non-hydrogen) atoms. The summed E-state index contributed by atoms with van der Waals surface area (Å²) in [6, 6.07) is 33.4. The SMILES string of the molecule is CC(C)C1=CC2=C(c3ccc(C(C)(C)C)cc3)C(C)SC2=[C-]1.Cc1cc2c(-c3cccc4ccccc34)ccc(C)c2[cH-]1.[CH3-].[CH3-].[Si]=[Zr]. The Morgan fingerprint density at radius 2 is 1.47 bits per heavy atom. The number of thioether (sulfide) groups is 1. The van der Waals surface area contributed by atoms with Crippen LogP contribution in [0.2, 0.25) is 0 Å². The normalized spacial score (nSPS) is 15.1. The molecule has 0 amide bonds. The molecular weight excluding hydrogens is 680 g/mol. The molecule has 0 aromatic heterocycles. The summed E-state index contributed by atoms with van der Waals surface area (Å²) in [6.07, 6.45) is 5.95. The zero-order chi connectivity index (χ0) is 32.5. The number of aryl methyl sites for hydroxylation is 2. The first-order chi connectivity index (χ1) is 21.5. The van der Waals surface area contributed by atoms with Gasteiger partial charge in [0.15, 0.2) is 0 Å². The van der Waals surface area contributed by atoms with Gasteiger partial charge in [-0.3, -0.25) is 0 Å². The molecule has 0 N–H and O–H groups in total. The first-order valence-electron chi connectivity index (χ1n) is 15.8. The van der Waals surface area contributed by atoms with E-state index in [0.717, 1.165) is 0 Å². The summed E-state index contributed by atoms with van der Waals surface area (Å²) in [5, 5.41) is 5.88. The predicted molar refractivity (Wildman–Crippen MR) is 209 cm³/mol. The molecule has 2 radical (unpaired) electrons. The molecule has 0 spiro atoms. The minimum atomic E-state index is 0. The standard InChI is InChI=1S/C21H25S.C21H17.2CH3.Si.Zr/c1-13(2)16-11-18-19(12-16)22-14(3)20(18)15-7-9-17(10-8-15)21(4,5)6;1-14-12-20-15(2)10-11-19(21(20)13-14)18-9-5-7-16-6-3-4-8-17(16)18;;;;/h7-11,13-14H,1-6H3;3-13H,1-2H3;2*1H3;;/q4*-1;;. The van der Waals surface area contributed by atoms with Crippen molar-refractivity contribution in [2.75, 3.05) is 0 Å². The summed E-state index contributed by atoms with van der Waals surface area (Å²) in [7, 11) is 0. The number of fused-ring (bicyclic) bond motifs is 3. The van der Waals surface area contributed by atoms with Gasteiger partial charge >= 0.3 is 30.2 Å². The number of benzene rings is 4. The van der Waals surface area contributed by atoms with Gasteiger partial charge in [0.05, 0.1) is 0 Å². The Bertz CT molecular complexity index is 1940. The second-order valence-corrected chi connectivity index (χ2v) is 14.8. The Labute approximate surface area is 306 Å². The van der Waals surface area contributed by atoms with E-state index in [1.165, 1.54) is 99.9 Å². The van der Waals surface area contributed by atoms with Crippen molar-refractivity contribution in [1.29, 1.82) is 0 Å². The maximum atomic E-state index is 3.60. The van der Waals surface area contributed by atoms with Crippen LogP contribution in [0.25, 0.3) is 38.2 Å². The van der Waals surface area contributed by atoms with E-state index in [-0.39, 0.29) is 20.3 Å². The summed E-state index contributed by atoms with van der Waals surface area (Å²) in [6.45, 7) is 21.0. The molecule has 242 valence electrons. The Kier molecular flexibility index (Phi) is 13.4. The van der Waals surface area contributed by atoms with Crippen molar-refractivity contribution >= 4 is 45.8 Å². The van der Waals surface area contributed by atoms with E-state index in [1.54, 1.807) is 0 Å². The van der Waals surface area contributed by atoms with Crippen molar-refractivity contribution < 1.29 is 23.3 Å². The van der Waals surface area contributed by atoms with Crippen LogP contribution < -0.4 is 0 Å². The molecule has 1 heterocycles. The van der Waals surface area contributed by atoms with Crippen LogP contribution >= 0.6 is 11.8 Å². The molecule has 7 rings (SSSR count). The van der Waals surface area contributed by atoms with Crippen LogP contribution in [0.5, 0.6) is 0 Å². The van der Waals surface area contributed by atoms with E-state index in [9.17, 15) is 0 Å². The van der Waals surface area contributed by atoms with E-state index in [1.807, 2.05) is 11.8 Å². The van der Waals surface area contributed by atoms with Gasteiger partial charge in [-0.25, -0.2) is 6.08 Å². The molecular formula is C44H48SSiZr-4. The van der Waals surface area contributed by atoms with Crippen LogP contribution in [0.1, 0.15) is 63.8 Å². The molecule has 3 heteroatoms.